The highest BCUT2D eigenvalue weighted by Crippen LogP contribution is 2.38. The maximum Gasteiger partial charge on any atom is 0.417 e. The SMILES string of the molecule is NC(=O)[C@@H]1CC(=O)N(c2ccc(Br)c(C(F)(F)F)c2)C1. The van der Waals surface area contributed by atoms with E-state index >= 15 is 0 Å². The molecule has 0 aromatic heterocycles. The van der Waals surface area contributed by atoms with E-state index < -0.39 is 29.5 Å². The van der Waals surface area contributed by atoms with Crippen LogP contribution >= 0.6 is 15.9 Å². The number of alkyl halides is 3. The van der Waals surface area contributed by atoms with Crippen molar-refractivity contribution in [2.24, 2.45) is 11.7 Å². The molecule has 1 fully saturated rings. The molecule has 4 nitrogen and oxygen atoms in total. The topological polar surface area (TPSA) is 63.4 Å². The second-order valence-corrected chi connectivity index (χ2v) is 5.32. The first-order valence-corrected chi connectivity index (χ1v) is 6.46. The molecule has 1 aromatic rings. The number of nitrogens with zero attached hydrogens (tertiary/aromatic N) is 1. The first-order valence-electron chi connectivity index (χ1n) is 5.66. The lowest BCUT2D eigenvalue weighted by Crippen LogP contribution is -2.28. The molecule has 1 heterocycles. The van der Waals surface area contributed by atoms with Gasteiger partial charge in [-0.05, 0) is 18.2 Å². The Labute approximate surface area is 120 Å². The number of rotatable bonds is 2. The first kappa shape index (κ1) is 14.8. The van der Waals surface area contributed by atoms with Gasteiger partial charge in [-0.3, -0.25) is 9.59 Å². The number of primary amides is 1. The number of hydrogen-bond donors (Lipinski definition) is 1. The van der Waals surface area contributed by atoms with E-state index in [9.17, 15) is 22.8 Å². The molecule has 0 saturated carbocycles. The molecule has 0 radical (unpaired) electrons. The molecule has 108 valence electrons. The van der Waals surface area contributed by atoms with Crippen LogP contribution in [-0.2, 0) is 15.8 Å². The summed E-state index contributed by atoms with van der Waals surface area (Å²) in [5.74, 6) is -1.71. The molecule has 0 unspecified atom stereocenters. The smallest absolute Gasteiger partial charge is 0.369 e. The summed E-state index contributed by atoms with van der Waals surface area (Å²) in [6, 6.07) is 3.50. The number of benzene rings is 1. The number of hydrogen-bond acceptors (Lipinski definition) is 2. The molecule has 1 aliphatic rings. The van der Waals surface area contributed by atoms with Gasteiger partial charge in [-0.25, -0.2) is 0 Å². The number of halogens is 4. The summed E-state index contributed by atoms with van der Waals surface area (Å²) in [6.45, 7) is 0.00704. The number of anilines is 1. The van der Waals surface area contributed by atoms with Crippen LogP contribution in [0, 0.1) is 5.92 Å². The van der Waals surface area contributed by atoms with Crippen LogP contribution in [0.25, 0.3) is 0 Å². The van der Waals surface area contributed by atoms with Crippen LogP contribution in [0.15, 0.2) is 22.7 Å². The Hall–Kier alpha value is -1.57. The van der Waals surface area contributed by atoms with Crippen LogP contribution < -0.4 is 10.6 Å². The van der Waals surface area contributed by atoms with Gasteiger partial charge in [-0.2, -0.15) is 13.2 Å². The van der Waals surface area contributed by atoms with Crippen molar-refractivity contribution in [3.05, 3.63) is 28.2 Å². The van der Waals surface area contributed by atoms with Gasteiger partial charge in [0.15, 0.2) is 0 Å². The van der Waals surface area contributed by atoms with Gasteiger partial charge < -0.3 is 10.6 Å². The van der Waals surface area contributed by atoms with Crippen LogP contribution in [0.2, 0.25) is 0 Å². The number of nitrogens with two attached hydrogens (primary N) is 1. The molecule has 1 atom stereocenters. The molecule has 2 rings (SSSR count). The fraction of sp³-hybridized carbons (Fsp3) is 0.333. The standard InChI is InChI=1S/C12H10BrF3N2O2/c13-9-2-1-7(4-8(9)12(14,15)16)18-5-6(11(17)20)3-10(18)19/h1-2,4,6H,3,5H2,(H2,17,20)/t6-/m1/s1. The fourth-order valence-electron chi connectivity index (χ4n) is 2.05. The van der Waals surface area contributed by atoms with Crippen LogP contribution in [-0.4, -0.2) is 18.4 Å². The monoisotopic (exact) mass is 350 g/mol. The van der Waals surface area contributed by atoms with Crippen molar-refractivity contribution in [2.75, 3.05) is 11.4 Å². The van der Waals surface area contributed by atoms with Gasteiger partial charge in [0.1, 0.15) is 0 Å². The van der Waals surface area contributed by atoms with Crippen LogP contribution in [0.1, 0.15) is 12.0 Å². The zero-order valence-corrected chi connectivity index (χ0v) is 11.7. The largest absolute Gasteiger partial charge is 0.417 e. The Morgan fingerprint density at radius 1 is 1.40 bits per heavy atom. The molecular formula is C12H10BrF3N2O2. The van der Waals surface area contributed by atoms with Gasteiger partial charge >= 0.3 is 6.18 Å². The van der Waals surface area contributed by atoms with Crippen LogP contribution in [0.5, 0.6) is 0 Å². The third-order valence-electron chi connectivity index (χ3n) is 3.09. The van der Waals surface area contributed by atoms with Gasteiger partial charge in [0.05, 0.1) is 11.5 Å². The lowest BCUT2D eigenvalue weighted by Gasteiger charge is -2.18. The van der Waals surface area contributed by atoms with Crippen LogP contribution in [0.4, 0.5) is 18.9 Å². The predicted molar refractivity (Wildman–Crippen MR) is 68.8 cm³/mol. The Morgan fingerprint density at radius 3 is 2.55 bits per heavy atom. The van der Waals surface area contributed by atoms with Gasteiger partial charge in [0.2, 0.25) is 11.8 Å². The lowest BCUT2D eigenvalue weighted by atomic mass is 10.1. The maximum atomic E-state index is 12.8. The van der Waals surface area contributed by atoms with E-state index in [2.05, 4.69) is 15.9 Å². The minimum absolute atomic E-state index is 0.00704. The second kappa shape index (κ2) is 5.08. The Kier molecular flexibility index (Phi) is 3.77. The van der Waals surface area contributed by atoms with Gasteiger partial charge in [-0.15, -0.1) is 0 Å². The molecule has 20 heavy (non-hydrogen) atoms. The van der Waals surface area contributed by atoms with E-state index in [1.165, 1.54) is 12.1 Å². The van der Waals surface area contributed by atoms with E-state index in [1.807, 2.05) is 0 Å². The van der Waals surface area contributed by atoms with E-state index in [0.717, 1.165) is 11.0 Å². The summed E-state index contributed by atoms with van der Waals surface area (Å²) in [7, 11) is 0. The summed E-state index contributed by atoms with van der Waals surface area (Å²) in [5, 5.41) is 0. The van der Waals surface area contributed by atoms with Crippen molar-refractivity contribution in [3.63, 3.8) is 0 Å². The molecule has 1 aromatic carbocycles. The fourth-order valence-corrected chi connectivity index (χ4v) is 2.52. The number of carbonyl (C=O) groups is 2. The molecule has 8 heteroatoms. The zero-order chi connectivity index (χ0) is 15.1. The van der Waals surface area contributed by atoms with E-state index in [1.54, 1.807) is 0 Å². The Bertz CT molecular complexity index is 574. The molecule has 2 amide bonds. The Morgan fingerprint density at radius 2 is 2.05 bits per heavy atom. The molecule has 0 spiro atoms. The van der Waals surface area contributed by atoms with Gasteiger partial charge in [0, 0.05) is 23.1 Å². The average Bonchev–Trinajstić information content (AvgIpc) is 2.71. The van der Waals surface area contributed by atoms with Crippen molar-refractivity contribution in [3.8, 4) is 0 Å². The van der Waals surface area contributed by atoms with Crippen LogP contribution in [0.3, 0.4) is 0 Å². The van der Waals surface area contributed by atoms with Crippen molar-refractivity contribution in [2.45, 2.75) is 12.6 Å². The summed E-state index contributed by atoms with van der Waals surface area (Å²) in [5.41, 5.74) is 4.35. The normalized spacial score (nSPS) is 19.5. The number of amides is 2. The summed E-state index contributed by atoms with van der Waals surface area (Å²) in [4.78, 5) is 24.0. The summed E-state index contributed by atoms with van der Waals surface area (Å²) >= 11 is 2.83. The van der Waals surface area contributed by atoms with Gasteiger partial charge in [0.25, 0.3) is 0 Å². The highest BCUT2D eigenvalue weighted by molar-refractivity contribution is 9.10. The number of carbonyl (C=O) groups excluding carboxylic acids is 2. The minimum Gasteiger partial charge on any atom is -0.369 e. The summed E-state index contributed by atoms with van der Waals surface area (Å²) < 4.78 is 38.3. The highest BCUT2D eigenvalue weighted by atomic mass is 79.9. The van der Waals surface area contributed by atoms with Crippen molar-refractivity contribution >= 4 is 33.4 Å². The second-order valence-electron chi connectivity index (χ2n) is 4.47. The first-order chi connectivity index (χ1) is 9.20. The average molecular weight is 351 g/mol. The predicted octanol–water partition coefficient (Wildman–Crippen LogP) is 2.31. The van der Waals surface area contributed by atoms with E-state index in [4.69, 9.17) is 5.73 Å². The highest BCUT2D eigenvalue weighted by Gasteiger charge is 2.37. The van der Waals surface area contributed by atoms with Crippen molar-refractivity contribution < 1.29 is 22.8 Å². The van der Waals surface area contributed by atoms with E-state index in [0.29, 0.717) is 0 Å². The minimum atomic E-state index is -4.53. The third-order valence-corrected chi connectivity index (χ3v) is 3.79. The van der Waals surface area contributed by atoms with Crippen molar-refractivity contribution in [1.29, 1.82) is 0 Å². The molecule has 0 aliphatic carbocycles. The summed E-state index contributed by atoms with van der Waals surface area (Å²) in [6.07, 6.45) is -4.60. The lowest BCUT2D eigenvalue weighted by molar-refractivity contribution is -0.138. The molecular weight excluding hydrogens is 341 g/mol. The zero-order valence-electron chi connectivity index (χ0n) is 10.1. The van der Waals surface area contributed by atoms with E-state index in [-0.39, 0.29) is 23.1 Å². The molecule has 2 N–H and O–H groups in total. The molecule has 1 saturated heterocycles. The Balaban J connectivity index is 2.35. The molecule has 0 bridgehead atoms. The van der Waals surface area contributed by atoms with Gasteiger partial charge in [-0.1, -0.05) is 15.9 Å². The molecule has 1 aliphatic heterocycles. The quantitative estimate of drug-likeness (QED) is 0.889. The van der Waals surface area contributed by atoms with Crippen molar-refractivity contribution in [1.82, 2.24) is 0 Å². The third kappa shape index (κ3) is 2.79. The maximum absolute atomic E-state index is 12.8.